The number of rotatable bonds is 4. The third-order valence-corrected chi connectivity index (χ3v) is 3.24. The molecule has 0 unspecified atom stereocenters. The molecule has 1 N–H and O–H groups in total. The smallest absolute Gasteiger partial charge is 0.120 e. The maximum absolute atomic E-state index is 5.76. The largest absolute Gasteiger partial charge is 0.494 e. The number of nitrogens with one attached hydrogen (secondary N) is 1. The zero-order valence-corrected chi connectivity index (χ0v) is 10.6. The van der Waals surface area contributed by atoms with Crippen LogP contribution in [0.15, 0.2) is 42.5 Å². The second-order valence-electron chi connectivity index (χ2n) is 4.58. The van der Waals surface area contributed by atoms with Crippen molar-refractivity contribution in [3.63, 3.8) is 0 Å². The topological polar surface area (TPSA) is 25.0 Å². The van der Waals surface area contributed by atoms with Crippen LogP contribution in [0, 0.1) is 0 Å². The number of unbranched alkanes of at least 4 members (excludes halogenated alkanes) is 1. The van der Waals surface area contributed by atoms with E-state index in [1.54, 1.807) is 0 Å². The summed E-state index contributed by atoms with van der Waals surface area (Å²) in [5, 5.41) is 2.49. The Morgan fingerprint density at radius 2 is 1.83 bits per heavy atom. The minimum absolute atomic E-state index is 0.796. The number of para-hydroxylation sites is 1. The van der Waals surface area contributed by atoms with Gasteiger partial charge in [-0.25, -0.2) is 0 Å². The lowest BCUT2D eigenvalue weighted by molar-refractivity contribution is 0.310. The van der Waals surface area contributed by atoms with Crippen LogP contribution in [0.3, 0.4) is 0 Å². The van der Waals surface area contributed by atoms with Gasteiger partial charge in [-0.2, -0.15) is 0 Å². The van der Waals surface area contributed by atoms with E-state index in [1.807, 2.05) is 6.07 Å². The number of ether oxygens (including phenoxy) is 1. The van der Waals surface area contributed by atoms with Crippen molar-refractivity contribution in [1.29, 1.82) is 0 Å². The predicted octanol–water partition coefficient (Wildman–Crippen LogP) is 4.50. The summed E-state index contributed by atoms with van der Waals surface area (Å²) in [6.45, 7) is 2.97. The molecular weight excluding hydrogens is 222 g/mol. The van der Waals surface area contributed by atoms with Crippen LogP contribution < -0.4 is 4.74 Å². The normalized spacial score (nSPS) is 11.2. The standard InChI is InChI=1S/C16H17NO/c1-2-3-10-18-12-8-9-16-14(11-12)13-6-4-5-7-15(13)17-16/h4-9,11,17H,2-3,10H2,1H3. The molecule has 0 aliphatic carbocycles. The second-order valence-corrected chi connectivity index (χ2v) is 4.58. The van der Waals surface area contributed by atoms with Gasteiger partial charge in [-0.05, 0) is 30.7 Å². The van der Waals surface area contributed by atoms with Gasteiger partial charge in [-0.15, -0.1) is 0 Å². The van der Waals surface area contributed by atoms with Gasteiger partial charge in [-0.3, -0.25) is 0 Å². The number of hydrogen-bond donors (Lipinski definition) is 1. The first-order valence-corrected chi connectivity index (χ1v) is 6.52. The second kappa shape index (κ2) is 4.73. The fourth-order valence-electron chi connectivity index (χ4n) is 2.25. The SMILES string of the molecule is CCCCOc1ccc2[nH]c3ccccc3c2c1. The third-order valence-electron chi connectivity index (χ3n) is 3.24. The number of fused-ring (bicyclic) bond motifs is 3. The first-order chi connectivity index (χ1) is 8.88. The molecule has 0 amide bonds. The van der Waals surface area contributed by atoms with Crippen LogP contribution in [0.1, 0.15) is 19.8 Å². The molecule has 18 heavy (non-hydrogen) atoms. The van der Waals surface area contributed by atoms with E-state index < -0.39 is 0 Å². The van der Waals surface area contributed by atoms with E-state index >= 15 is 0 Å². The zero-order valence-electron chi connectivity index (χ0n) is 10.6. The zero-order chi connectivity index (χ0) is 12.4. The van der Waals surface area contributed by atoms with Gasteiger partial charge in [0, 0.05) is 21.8 Å². The van der Waals surface area contributed by atoms with Gasteiger partial charge in [0.2, 0.25) is 0 Å². The van der Waals surface area contributed by atoms with Gasteiger partial charge in [0.25, 0.3) is 0 Å². The maximum atomic E-state index is 5.76. The van der Waals surface area contributed by atoms with E-state index in [-0.39, 0.29) is 0 Å². The first-order valence-electron chi connectivity index (χ1n) is 6.52. The van der Waals surface area contributed by atoms with E-state index in [9.17, 15) is 0 Å². The number of benzene rings is 2. The summed E-state index contributed by atoms with van der Waals surface area (Å²) in [5.74, 6) is 0.959. The summed E-state index contributed by atoms with van der Waals surface area (Å²) in [6, 6.07) is 14.6. The van der Waals surface area contributed by atoms with Crippen molar-refractivity contribution in [1.82, 2.24) is 4.98 Å². The fraction of sp³-hybridized carbons (Fsp3) is 0.250. The van der Waals surface area contributed by atoms with E-state index in [1.165, 1.54) is 21.8 Å². The average molecular weight is 239 g/mol. The number of hydrogen-bond acceptors (Lipinski definition) is 1. The highest BCUT2D eigenvalue weighted by molar-refractivity contribution is 6.07. The van der Waals surface area contributed by atoms with Gasteiger partial charge >= 0.3 is 0 Å². The first kappa shape index (κ1) is 11.1. The van der Waals surface area contributed by atoms with E-state index in [2.05, 4.69) is 48.3 Å². The van der Waals surface area contributed by atoms with Crippen molar-refractivity contribution in [2.45, 2.75) is 19.8 Å². The van der Waals surface area contributed by atoms with Crippen molar-refractivity contribution in [3.8, 4) is 5.75 Å². The summed E-state index contributed by atoms with van der Waals surface area (Å²) in [5.41, 5.74) is 2.34. The third kappa shape index (κ3) is 1.94. The quantitative estimate of drug-likeness (QED) is 0.666. The molecule has 3 rings (SSSR count). The molecule has 1 heterocycles. The van der Waals surface area contributed by atoms with Crippen molar-refractivity contribution in [2.75, 3.05) is 6.61 Å². The molecule has 2 aromatic carbocycles. The Bertz CT molecular complexity index is 669. The molecule has 3 aromatic rings. The Morgan fingerprint density at radius 3 is 2.72 bits per heavy atom. The molecule has 2 nitrogen and oxygen atoms in total. The van der Waals surface area contributed by atoms with Crippen LogP contribution in [0.2, 0.25) is 0 Å². The Balaban J connectivity index is 2.02. The Labute approximate surface area is 107 Å². The molecule has 0 spiro atoms. The summed E-state index contributed by atoms with van der Waals surface area (Å²) in [6.07, 6.45) is 2.27. The van der Waals surface area contributed by atoms with E-state index in [0.29, 0.717) is 0 Å². The highest BCUT2D eigenvalue weighted by atomic mass is 16.5. The van der Waals surface area contributed by atoms with Crippen LogP contribution in [-0.2, 0) is 0 Å². The Hall–Kier alpha value is -1.96. The molecule has 2 heteroatoms. The molecular formula is C16H17NO. The van der Waals surface area contributed by atoms with Gasteiger partial charge in [0.1, 0.15) is 5.75 Å². The van der Waals surface area contributed by atoms with Crippen LogP contribution >= 0.6 is 0 Å². The Kier molecular flexibility index (Phi) is 2.93. The Morgan fingerprint density at radius 1 is 1.00 bits per heavy atom. The van der Waals surface area contributed by atoms with Gasteiger partial charge in [-0.1, -0.05) is 31.5 Å². The van der Waals surface area contributed by atoms with E-state index in [4.69, 9.17) is 4.74 Å². The summed E-state index contributed by atoms with van der Waals surface area (Å²) in [4.78, 5) is 3.42. The molecule has 0 bridgehead atoms. The van der Waals surface area contributed by atoms with Crippen LogP contribution in [-0.4, -0.2) is 11.6 Å². The van der Waals surface area contributed by atoms with Gasteiger partial charge < -0.3 is 9.72 Å². The minimum Gasteiger partial charge on any atom is -0.494 e. The highest BCUT2D eigenvalue weighted by Gasteiger charge is 2.04. The van der Waals surface area contributed by atoms with E-state index in [0.717, 1.165) is 25.2 Å². The lowest BCUT2D eigenvalue weighted by atomic mass is 10.1. The lowest BCUT2D eigenvalue weighted by Gasteiger charge is -2.04. The molecule has 0 aliphatic rings. The highest BCUT2D eigenvalue weighted by Crippen LogP contribution is 2.28. The van der Waals surface area contributed by atoms with Gasteiger partial charge in [0.05, 0.1) is 6.61 Å². The number of aromatic nitrogens is 1. The number of H-pyrrole nitrogens is 1. The molecule has 0 radical (unpaired) electrons. The monoisotopic (exact) mass is 239 g/mol. The predicted molar refractivity (Wildman–Crippen MR) is 76.2 cm³/mol. The van der Waals surface area contributed by atoms with Crippen molar-refractivity contribution in [3.05, 3.63) is 42.5 Å². The number of aromatic amines is 1. The molecule has 0 atom stereocenters. The van der Waals surface area contributed by atoms with Crippen molar-refractivity contribution in [2.24, 2.45) is 0 Å². The fourth-order valence-corrected chi connectivity index (χ4v) is 2.25. The molecule has 0 saturated heterocycles. The minimum atomic E-state index is 0.796. The van der Waals surface area contributed by atoms with Crippen LogP contribution in [0.5, 0.6) is 5.75 Å². The molecule has 0 saturated carbocycles. The molecule has 1 aromatic heterocycles. The molecule has 92 valence electrons. The summed E-state index contributed by atoms with van der Waals surface area (Å²) >= 11 is 0. The molecule has 0 aliphatic heterocycles. The summed E-state index contributed by atoms with van der Waals surface area (Å²) in [7, 11) is 0. The van der Waals surface area contributed by atoms with Crippen LogP contribution in [0.25, 0.3) is 21.8 Å². The van der Waals surface area contributed by atoms with Crippen LogP contribution in [0.4, 0.5) is 0 Å². The van der Waals surface area contributed by atoms with Gasteiger partial charge in [0.15, 0.2) is 0 Å². The maximum Gasteiger partial charge on any atom is 0.120 e. The average Bonchev–Trinajstić information content (AvgIpc) is 2.77. The summed E-state index contributed by atoms with van der Waals surface area (Å²) < 4.78 is 5.76. The van der Waals surface area contributed by atoms with Crippen molar-refractivity contribution >= 4 is 21.8 Å². The molecule has 0 fully saturated rings. The van der Waals surface area contributed by atoms with Crippen molar-refractivity contribution < 1.29 is 4.74 Å². The lowest BCUT2D eigenvalue weighted by Crippen LogP contribution is -1.95.